The topological polar surface area (TPSA) is 58.6 Å². The minimum atomic E-state index is -1.03. The van der Waals surface area contributed by atoms with Gasteiger partial charge >= 0.3 is 0 Å². The van der Waals surface area contributed by atoms with Gasteiger partial charge in [0, 0.05) is 32.1 Å². The number of rotatable bonds is 6. The molecule has 0 radical (unpaired) electrons. The predicted octanol–water partition coefficient (Wildman–Crippen LogP) is 2.25. The molecule has 2 rings (SSSR count). The van der Waals surface area contributed by atoms with Crippen molar-refractivity contribution in [1.82, 2.24) is 10.2 Å². The van der Waals surface area contributed by atoms with Crippen molar-refractivity contribution in [1.29, 1.82) is 0 Å². The normalized spacial score (nSPS) is 15.7. The highest BCUT2D eigenvalue weighted by atomic mass is 19.2. The van der Waals surface area contributed by atoms with E-state index in [9.17, 15) is 18.4 Å². The van der Waals surface area contributed by atoms with Crippen molar-refractivity contribution in [3.63, 3.8) is 0 Å². The van der Waals surface area contributed by atoms with Crippen LogP contribution in [-0.2, 0) is 9.59 Å². The first-order valence-electron chi connectivity index (χ1n) is 8.14. The summed E-state index contributed by atoms with van der Waals surface area (Å²) in [5.74, 6) is -2.32. The molecule has 1 N–H and O–H groups in total. The van der Waals surface area contributed by atoms with Crippen LogP contribution in [0, 0.1) is 11.6 Å². The summed E-state index contributed by atoms with van der Waals surface area (Å²) in [5.41, 5.74) is 0. The molecular weight excluding hydrogens is 318 g/mol. The van der Waals surface area contributed by atoms with Crippen LogP contribution in [-0.4, -0.2) is 42.5 Å². The largest absolute Gasteiger partial charge is 0.481 e. The second kappa shape index (κ2) is 8.61. The minimum Gasteiger partial charge on any atom is -0.481 e. The second-order valence-electron chi connectivity index (χ2n) is 5.82. The molecule has 0 bridgehead atoms. The third kappa shape index (κ3) is 5.18. The highest BCUT2D eigenvalue weighted by molar-refractivity contribution is 5.82. The Hall–Kier alpha value is -2.18. The van der Waals surface area contributed by atoms with Gasteiger partial charge in [0.1, 0.15) is 5.75 Å². The highest BCUT2D eigenvalue weighted by Crippen LogP contribution is 2.16. The van der Waals surface area contributed by atoms with E-state index in [4.69, 9.17) is 4.74 Å². The molecular formula is C17H22F2N2O3. The molecule has 1 aliphatic heterocycles. The third-order valence-corrected chi connectivity index (χ3v) is 3.92. The number of benzene rings is 1. The van der Waals surface area contributed by atoms with Crippen LogP contribution in [0.5, 0.6) is 5.75 Å². The van der Waals surface area contributed by atoms with Gasteiger partial charge in [0.25, 0.3) is 5.91 Å². The molecule has 1 atom stereocenters. The molecule has 1 unspecified atom stereocenters. The minimum absolute atomic E-state index is 0.0316. The number of ether oxygens (including phenoxy) is 1. The lowest BCUT2D eigenvalue weighted by Crippen LogP contribution is -2.40. The molecule has 0 aromatic heterocycles. The number of amides is 2. The molecule has 0 saturated carbocycles. The molecule has 0 aliphatic carbocycles. The van der Waals surface area contributed by atoms with Crippen molar-refractivity contribution in [3.05, 3.63) is 29.8 Å². The quantitative estimate of drug-likeness (QED) is 0.864. The number of hydrogen-bond acceptors (Lipinski definition) is 3. The van der Waals surface area contributed by atoms with Crippen LogP contribution in [0.4, 0.5) is 8.78 Å². The van der Waals surface area contributed by atoms with Gasteiger partial charge in [-0.15, -0.1) is 0 Å². The third-order valence-electron chi connectivity index (χ3n) is 3.92. The second-order valence-corrected chi connectivity index (χ2v) is 5.82. The summed E-state index contributed by atoms with van der Waals surface area (Å²) in [6.45, 7) is 3.29. The molecule has 1 saturated heterocycles. The number of likely N-dealkylation sites (tertiary alicyclic amines) is 1. The van der Waals surface area contributed by atoms with Crippen LogP contribution in [0.3, 0.4) is 0 Å². The van der Waals surface area contributed by atoms with Gasteiger partial charge in [-0.3, -0.25) is 9.59 Å². The van der Waals surface area contributed by atoms with Gasteiger partial charge in [-0.1, -0.05) is 0 Å². The molecule has 132 valence electrons. The zero-order valence-corrected chi connectivity index (χ0v) is 13.7. The van der Waals surface area contributed by atoms with Crippen LogP contribution in [0.15, 0.2) is 18.2 Å². The van der Waals surface area contributed by atoms with Crippen LogP contribution < -0.4 is 10.1 Å². The van der Waals surface area contributed by atoms with E-state index in [1.165, 1.54) is 13.0 Å². The molecule has 1 aliphatic rings. The zero-order valence-electron chi connectivity index (χ0n) is 13.7. The van der Waals surface area contributed by atoms with Gasteiger partial charge in [-0.25, -0.2) is 8.78 Å². The Balaban J connectivity index is 1.73. The van der Waals surface area contributed by atoms with Gasteiger partial charge in [0.15, 0.2) is 17.7 Å². The Morgan fingerprint density at radius 2 is 1.92 bits per heavy atom. The van der Waals surface area contributed by atoms with Crippen LogP contribution in [0.2, 0.25) is 0 Å². The first-order valence-corrected chi connectivity index (χ1v) is 8.14. The summed E-state index contributed by atoms with van der Waals surface area (Å²) >= 11 is 0. The van der Waals surface area contributed by atoms with E-state index in [1.807, 2.05) is 4.90 Å². The van der Waals surface area contributed by atoms with Gasteiger partial charge in [0.2, 0.25) is 5.91 Å². The lowest BCUT2D eigenvalue weighted by atomic mass is 10.1. The maximum absolute atomic E-state index is 13.1. The number of nitrogens with one attached hydrogen (secondary N) is 1. The lowest BCUT2D eigenvalue weighted by Gasteiger charge is -2.26. The number of carbonyl (C=O) groups is 2. The molecule has 7 heteroatoms. The summed E-state index contributed by atoms with van der Waals surface area (Å²) in [6, 6.07) is 3.08. The fraction of sp³-hybridized carbons (Fsp3) is 0.529. The van der Waals surface area contributed by atoms with Crippen molar-refractivity contribution in [2.45, 2.75) is 38.7 Å². The smallest absolute Gasteiger partial charge is 0.260 e. The zero-order chi connectivity index (χ0) is 17.5. The molecule has 1 aromatic rings. The van der Waals surface area contributed by atoms with Crippen molar-refractivity contribution < 1.29 is 23.1 Å². The average Bonchev–Trinajstić information content (AvgIpc) is 2.58. The summed E-state index contributed by atoms with van der Waals surface area (Å²) < 4.78 is 31.2. The van der Waals surface area contributed by atoms with E-state index in [0.29, 0.717) is 0 Å². The van der Waals surface area contributed by atoms with Gasteiger partial charge < -0.3 is 15.0 Å². The molecule has 0 spiro atoms. The standard InChI is InChI=1S/C17H22F2N2O3/c1-12(24-13-5-6-14(18)15(19)11-13)17(23)20-8-7-16(22)21-9-3-2-4-10-21/h5-6,11-12H,2-4,7-10H2,1H3,(H,20,23). The van der Waals surface area contributed by atoms with Crippen LogP contribution >= 0.6 is 0 Å². The predicted molar refractivity (Wildman–Crippen MR) is 84.5 cm³/mol. The first-order chi connectivity index (χ1) is 11.5. The Kier molecular flexibility index (Phi) is 6.52. The van der Waals surface area contributed by atoms with Crippen molar-refractivity contribution in [2.24, 2.45) is 0 Å². The molecule has 2 amide bonds. The maximum Gasteiger partial charge on any atom is 0.260 e. The average molecular weight is 340 g/mol. The van der Waals surface area contributed by atoms with Gasteiger partial charge in [-0.05, 0) is 38.3 Å². The lowest BCUT2D eigenvalue weighted by molar-refractivity contribution is -0.132. The number of carbonyl (C=O) groups excluding carboxylic acids is 2. The van der Waals surface area contributed by atoms with Gasteiger partial charge in [0.05, 0.1) is 0 Å². The van der Waals surface area contributed by atoms with E-state index < -0.39 is 23.6 Å². The fourth-order valence-corrected chi connectivity index (χ4v) is 2.55. The van der Waals surface area contributed by atoms with E-state index in [1.54, 1.807) is 0 Å². The number of piperidine rings is 1. The number of nitrogens with zero attached hydrogens (tertiary/aromatic N) is 1. The number of hydrogen-bond donors (Lipinski definition) is 1. The van der Waals surface area contributed by atoms with Crippen LogP contribution in [0.25, 0.3) is 0 Å². The van der Waals surface area contributed by atoms with E-state index >= 15 is 0 Å². The summed E-state index contributed by atoms with van der Waals surface area (Å²) in [4.78, 5) is 25.7. The summed E-state index contributed by atoms with van der Waals surface area (Å²) in [7, 11) is 0. The molecule has 1 heterocycles. The highest BCUT2D eigenvalue weighted by Gasteiger charge is 2.18. The first kappa shape index (κ1) is 18.2. The fourth-order valence-electron chi connectivity index (χ4n) is 2.55. The van der Waals surface area contributed by atoms with Crippen LogP contribution in [0.1, 0.15) is 32.6 Å². The Morgan fingerprint density at radius 1 is 1.21 bits per heavy atom. The van der Waals surface area contributed by atoms with E-state index in [2.05, 4.69) is 5.32 Å². The SMILES string of the molecule is CC(Oc1ccc(F)c(F)c1)C(=O)NCCC(=O)N1CCCCC1. The molecule has 1 fully saturated rings. The molecule has 1 aromatic carbocycles. The maximum atomic E-state index is 13.1. The Morgan fingerprint density at radius 3 is 2.58 bits per heavy atom. The van der Waals surface area contributed by atoms with Crippen molar-refractivity contribution >= 4 is 11.8 Å². The molecule has 24 heavy (non-hydrogen) atoms. The summed E-state index contributed by atoms with van der Waals surface area (Å²) in [6.07, 6.45) is 2.57. The summed E-state index contributed by atoms with van der Waals surface area (Å²) in [5, 5.41) is 2.62. The van der Waals surface area contributed by atoms with Crippen molar-refractivity contribution in [3.8, 4) is 5.75 Å². The van der Waals surface area contributed by atoms with E-state index in [-0.39, 0.29) is 24.6 Å². The molecule has 5 nitrogen and oxygen atoms in total. The monoisotopic (exact) mass is 340 g/mol. The number of halogens is 2. The van der Waals surface area contributed by atoms with E-state index in [0.717, 1.165) is 44.5 Å². The Labute approximate surface area is 140 Å². The van der Waals surface area contributed by atoms with Gasteiger partial charge in [-0.2, -0.15) is 0 Å². The Bertz CT molecular complexity index is 589. The van der Waals surface area contributed by atoms with Crippen molar-refractivity contribution in [2.75, 3.05) is 19.6 Å².